The predicted molar refractivity (Wildman–Crippen MR) is 85.4 cm³/mol. The predicted octanol–water partition coefficient (Wildman–Crippen LogP) is 2.74. The van der Waals surface area contributed by atoms with Gasteiger partial charge in [0.05, 0.1) is 11.2 Å². The third-order valence-corrected chi connectivity index (χ3v) is 3.89. The number of benzene rings is 1. The van der Waals surface area contributed by atoms with Crippen molar-refractivity contribution in [2.45, 2.75) is 19.4 Å². The number of carbonyl (C=O) groups excluding carboxylic acids is 1. The van der Waals surface area contributed by atoms with E-state index in [9.17, 15) is 4.79 Å². The molecule has 1 amide bonds. The van der Waals surface area contributed by atoms with Gasteiger partial charge in [-0.25, -0.2) is 4.98 Å². The first kappa shape index (κ1) is 13.8. The van der Waals surface area contributed by atoms with E-state index in [0.717, 1.165) is 21.9 Å². The van der Waals surface area contributed by atoms with Crippen LogP contribution in [0.1, 0.15) is 13.8 Å². The summed E-state index contributed by atoms with van der Waals surface area (Å²) in [6.07, 6.45) is 3.97. The summed E-state index contributed by atoms with van der Waals surface area (Å²) >= 11 is 1.60. The lowest BCUT2D eigenvalue weighted by Gasteiger charge is -2.17. The van der Waals surface area contributed by atoms with E-state index in [-0.39, 0.29) is 5.91 Å². The third kappa shape index (κ3) is 2.81. The zero-order valence-corrected chi connectivity index (χ0v) is 12.6. The van der Waals surface area contributed by atoms with Crippen molar-refractivity contribution in [2.24, 2.45) is 5.73 Å². The molecular weight excluding hydrogens is 284 g/mol. The smallest absolute Gasteiger partial charge is 0.243 e. The lowest BCUT2D eigenvalue weighted by molar-refractivity contribution is -0.120. The molecule has 0 unspecified atom stereocenters. The highest BCUT2D eigenvalue weighted by molar-refractivity contribution is 7.15. The fourth-order valence-electron chi connectivity index (χ4n) is 1.88. The van der Waals surface area contributed by atoms with E-state index in [1.165, 1.54) is 0 Å². The monoisotopic (exact) mass is 300 g/mol. The molecule has 6 heteroatoms. The van der Waals surface area contributed by atoms with Gasteiger partial charge in [0.2, 0.25) is 5.91 Å². The summed E-state index contributed by atoms with van der Waals surface area (Å²) in [6.45, 7) is 3.35. The molecule has 3 N–H and O–H groups in total. The Hall–Kier alpha value is -2.18. The number of fused-ring (bicyclic) bond motifs is 1. The number of imidazole rings is 1. The quantitative estimate of drug-likeness (QED) is 0.781. The topological polar surface area (TPSA) is 72.4 Å². The van der Waals surface area contributed by atoms with Crippen LogP contribution in [0.15, 0.2) is 42.0 Å². The summed E-state index contributed by atoms with van der Waals surface area (Å²) in [4.78, 5) is 17.3. The van der Waals surface area contributed by atoms with E-state index < -0.39 is 5.54 Å². The maximum absolute atomic E-state index is 11.8. The van der Waals surface area contributed by atoms with Crippen LogP contribution in [-0.4, -0.2) is 20.8 Å². The number of nitrogens with one attached hydrogen (secondary N) is 1. The standard InChI is InChI=1S/C15H16N4OS/c1-15(2,16)13(20)17-11-5-3-10(4-6-11)12-9-19-7-8-21-14(19)18-12/h3-9H,16H2,1-2H3,(H,17,20). The van der Waals surface area contributed by atoms with Crippen molar-refractivity contribution < 1.29 is 4.79 Å². The number of amides is 1. The highest BCUT2D eigenvalue weighted by atomic mass is 32.1. The molecule has 0 atom stereocenters. The minimum atomic E-state index is -0.896. The molecule has 0 aliphatic carbocycles. The van der Waals surface area contributed by atoms with Gasteiger partial charge in [-0.15, -0.1) is 11.3 Å². The van der Waals surface area contributed by atoms with Crippen molar-refractivity contribution in [3.8, 4) is 11.3 Å². The maximum atomic E-state index is 11.8. The Morgan fingerprint density at radius 3 is 2.67 bits per heavy atom. The molecule has 3 aromatic rings. The zero-order chi connectivity index (χ0) is 15.0. The average molecular weight is 300 g/mol. The maximum Gasteiger partial charge on any atom is 0.243 e. The first-order chi connectivity index (χ1) is 9.93. The number of hydrogen-bond acceptors (Lipinski definition) is 4. The zero-order valence-electron chi connectivity index (χ0n) is 11.8. The van der Waals surface area contributed by atoms with E-state index in [1.807, 2.05) is 46.4 Å². The van der Waals surface area contributed by atoms with Crippen molar-refractivity contribution in [1.82, 2.24) is 9.38 Å². The molecule has 0 bridgehead atoms. The van der Waals surface area contributed by atoms with Crippen molar-refractivity contribution in [3.05, 3.63) is 42.0 Å². The normalized spacial score (nSPS) is 11.8. The molecule has 2 heterocycles. The van der Waals surface area contributed by atoms with E-state index in [4.69, 9.17) is 5.73 Å². The van der Waals surface area contributed by atoms with Gasteiger partial charge in [-0.1, -0.05) is 12.1 Å². The molecule has 0 spiro atoms. The van der Waals surface area contributed by atoms with E-state index in [0.29, 0.717) is 0 Å². The van der Waals surface area contributed by atoms with Crippen LogP contribution in [0.4, 0.5) is 5.69 Å². The van der Waals surface area contributed by atoms with Gasteiger partial charge in [0, 0.05) is 29.0 Å². The Morgan fingerprint density at radius 2 is 2.05 bits per heavy atom. The Kier molecular flexibility index (Phi) is 3.27. The molecule has 0 aliphatic heterocycles. The lowest BCUT2D eigenvalue weighted by atomic mass is 10.1. The highest BCUT2D eigenvalue weighted by Gasteiger charge is 2.21. The molecular formula is C15H16N4OS. The number of nitrogens with zero attached hydrogens (tertiary/aromatic N) is 2. The summed E-state index contributed by atoms with van der Waals surface area (Å²) < 4.78 is 1.99. The van der Waals surface area contributed by atoms with Crippen molar-refractivity contribution in [2.75, 3.05) is 5.32 Å². The second kappa shape index (κ2) is 4.98. The van der Waals surface area contributed by atoms with Crippen molar-refractivity contribution in [1.29, 1.82) is 0 Å². The van der Waals surface area contributed by atoms with Crippen LogP contribution in [0, 0.1) is 0 Å². The Balaban J connectivity index is 1.81. The fraction of sp³-hybridized carbons (Fsp3) is 0.200. The van der Waals surface area contributed by atoms with Gasteiger partial charge in [0.15, 0.2) is 4.96 Å². The molecule has 5 nitrogen and oxygen atoms in total. The summed E-state index contributed by atoms with van der Waals surface area (Å²) in [5, 5.41) is 4.79. The molecule has 2 aromatic heterocycles. The van der Waals surface area contributed by atoms with Crippen LogP contribution < -0.4 is 11.1 Å². The first-order valence-electron chi connectivity index (χ1n) is 6.56. The summed E-state index contributed by atoms with van der Waals surface area (Å²) in [5.74, 6) is -0.210. The molecule has 21 heavy (non-hydrogen) atoms. The van der Waals surface area contributed by atoms with E-state index in [1.54, 1.807) is 25.2 Å². The SMILES string of the molecule is CC(C)(N)C(=O)Nc1ccc(-c2cn3ccsc3n2)cc1. The van der Waals surface area contributed by atoms with Gasteiger partial charge in [0.25, 0.3) is 0 Å². The fourth-order valence-corrected chi connectivity index (χ4v) is 2.58. The molecule has 0 radical (unpaired) electrons. The van der Waals surface area contributed by atoms with Gasteiger partial charge in [0.1, 0.15) is 0 Å². The van der Waals surface area contributed by atoms with Gasteiger partial charge < -0.3 is 11.1 Å². The van der Waals surface area contributed by atoms with Crippen LogP contribution in [-0.2, 0) is 4.79 Å². The number of hydrogen-bond donors (Lipinski definition) is 2. The summed E-state index contributed by atoms with van der Waals surface area (Å²) in [6, 6.07) is 7.58. The van der Waals surface area contributed by atoms with Crippen LogP contribution in [0.3, 0.4) is 0 Å². The molecule has 0 fully saturated rings. The third-order valence-electron chi connectivity index (χ3n) is 3.12. The summed E-state index contributed by atoms with van der Waals surface area (Å²) in [7, 11) is 0. The first-order valence-corrected chi connectivity index (χ1v) is 7.44. The molecule has 1 aromatic carbocycles. The Labute approximate surface area is 126 Å². The minimum Gasteiger partial charge on any atom is -0.325 e. The second-order valence-electron chi connectivity index (χ2n) is 5.47. The summed E-state index contributed by atoms with van der Waals surface area (Å²) in [5.41, 5.74) is 7.51. The van der Waals surface area contributed by atoms with Crippen LogP contribution in [0.25, 0.3) is 16.2 Å². The molecule has 108 valence electrons. The number of nitrogens with two attached hydrogens (primary N) is 1. The molecule has 0 saturated carbocycles. The van der Waals surface area contributed by atoms with E-state index in [2.05, 4.69) is 10.3 Å². The van der Waals surface area contributed by atoms with Crippen molar-refractivity contribution >= 4 is 27.9 Å². The number of rotatable bonds is 3. The van der Waals surface area contributed by atoms with E-state index >= 15 is 0 Å². The number of thiazole rings is 1. The van der Waals surface area contributed by atoms with Crippen LogP contribution >= 0.6 is 11.3 Å². The van der Waals surface area contributed by atoms with Crippen LogP contribution in [0.2, 0.25) is 0 Å². The molecule has 3 rings (SSSR count). The Morgan fingerprint density at radius 1 is 1.33 bits per heavy atom. The minimum absolute atomic E-state index is 0.210. The molecule has 0 saturated heterocycles. The number of aromatic nitrogens is 2. The van der Waals surface area contributed by atoms with Crippen LogP contribution in [0.5, 0.6) is 0 Å². The van der Waals surface area contributed by atoms with Gasteiger partial charge in [-0.3, -0.25) is 9.20 Å². The lowest BCUT2D eigenvalue weighted by Crippen LogP contribution is -2.45. The largest absolute Gasteiger partial charge is 0.325 e. The number of carbonyl (C=O) groups is 1. The number of anilines is 1. The molecule has 0 aliphatic rings. The van der Waals surface area contributed by atoms with Crippen molar-refractivity contribution in [3.63, 3.8) is 0 Å². The van der Waals surface area contributed by atoms with Gasteiger partial charge in [-0.05, 0) is 26.0 Å². The van der Waals surface area contributed by atoms with Gasteiger partial charge in [-0.2, -0.15) is 0 Å². The second-order valence-corrected chi connectivity index (χ2v) is 6.35. The van der Waals surface area contributed by atoms with Gasteiger partial charge >= 0.3 is 0 Å². The Bertz CT molecular complexity index is 751. The average Bonchev–Trinajstić information content (AvgIpc) is 2.99. The highest BCUT2D eigenvalue weighted by Crippen LogP contribution is 2.23.